The van der Waals surface area contributed by atoms with Crippen molar-refractivity contribution in [3.63, 3.8) is 0 Å². The molecule has 34 heavy (non-hydrogen) atoms. The number of fused-ring (bicyclic) bond motifs is 1. The molecule has 1 aromatic carbocycles. The van der Waals surface area contributed by atoms with E-state index in [-0.39, 0.29) is 35.4 Å². The molecule has 10 heteroatoms. The van der Waals surface area contributed by atoms with Crippen LogP contribution < -0.4 is 5.56 Å². The minimum Gasteiger partial charge on any atom is -0.378 e. The highest BCUT2D eigenvalue weighted by molar-refractivity contribution is 9.10. The van der Waals surface area contributed by atoms with E-state index in [2.05, 4.69) is 32.8 Å². The molecular formula is C24H22BrF2N3O3S. The lowest BCUT2D eigenvalue weighted by molar-refractivity contribution is -0.144. The summed E-state index contributed by atoms with van der Waals surface area (Å²) in [6.45, 7) is 4.52. The van der Waals surface area contributed by atoms with Crippen LogP contribution in [-0.2, 0) is 11.3 Å². The van der Waals surface area contributed by atoms with Crippen LogP contribution in [0.25, 0.3) is 21.3 Å². The molecule has 0 spiro atoms. The van der Waals surface area contributed by atoms with Gasteiger partial charge in [0.25, 0.3) is 5.56 Å². The van der Waals surface area contributed by atoms with Crippen molar-refractivity contribution in [1.29, 1.82) is 0 Å². The molecule has 0 bridgehead atoms. The summed E-state index contributed by atoms with van der Waals surface area (Å²) in [6.07, 6.45) is 1.70. The highest BCUT2D eigenvalue weighted by Gasteiger charge is 2.41. The second-order valence-corrected chi connectivity index (χ2v) is 10.7. The molecule has 4 rings (SSSR count). The molecule has 2 aromatic heterocycles. The van der Waals surface area contributed by atoms with Gasteiger partial charge in [-0.05, 0) is 53.9 Å². The lowest BCUT2D eigenvalue weighted by Crippen LogP contribution is -2.60. The summed E-state index contributed by atoms with van der Waals surface area (Å²) in [5, 5.41) is 10.6. The summed E-state index contributed by atoms with van der Waals surface area (Å²) < 4.78 is 29.1. The molecule has 3 aromatic rings. The fraction of sp³-hybridized carbons (Fsp3) is 0.375. The Balaban J connectivity index is 1.85. The first-order valence-corrected chi connectivity index (χ1v) is 12.2. The van der Waals surface area contributed by atoms with E-state index in [1.165, 1.54) is 46.2 Å². The van der Waals surface area contributed by atoms with Gasteiger partial charge in [0.15, 0.2) is 0 Å². The third kappa shape index (κ3) is 4.78. The third-order valence-corrected chi connectivity index (χ3v) is 7.34. The van der Waals surface area contributed by atoms with Crippen molar-refractivity contribution in [2.45, 2.75) is 45.0 Å². The monoisotopic (exact) mass is 549 g/mol. The fourth-order valence-corrected chi connectivity index (χ4v) is 4.99. The maximum Gasteiger partial charge on any atom is 0.263 e. The number of rotatable bonds is 4. The number of hydrogen-bond donors (Lipinski definition) is 1. The van der Waals surface area contributed by atoms with Crippen LogP contribution in [-0.4, -0.2) is 49.8 Å². The smallest absolute Gasteiger partial charge is 0.263 e. The molecule has 0 saturated carbocycles. The Morgan fingerprint density at radius 2 is 2.12 bits per heavy atom. The van der Waals surface area contributed by atoms with Crippen molar-refractivity contribution >= 4 is 43.4 Å². The van der Waals surface area contributed by atoms with Gasteiger partial charge >= 0.3 is 0 Å². The summed E-state index contributed by atoms with van der Waals surface area (Å²) in [6, 6.07) is 4.36. The quantitative estimate of drug-likeness (QED) is 0.497. The van der Waals surface area contributed by atoms with Gasteiger partial charge in [0, 0.05) is 5.56 Å². The molecule has 1 aliphatic rings. The molecule has 1 atom stereocenters. The van der Waals surface area contributed by atoms with E-state index in [9.17, 15) is 23.5 Å². The Kier molecular flexibility index (Phi) is 6.40. The van der Waals surface area contributed by atoms with Crippen molar-refractivity contribution in [3.8, 4) is 23.0 Å². The van der Waals surface area contributed by atoms with E-state index in [4.69, 9.17) is 0 Å². The number of nitrogens with zero attached hydrogens (tertiary/aromatic N) is 3. The fourth-order valence-electron chi connectivity index (χ4n) is 3.61. The minimum absolute atomic E-state index is 0.0132. The lowest BCUT2D eigenvalue weighted by Gasteiger charge is -2.42. The average Bonchev–Trinajstić information content (AvgIpc) is 3.14. The lowest BCUT2D eigenvalue weighted by atomic mass is 9.99. The number of likely N-dealkylation sites (tertiary alicyclic amines) is 1. The summed E-state index contributed by atoms with van der Waals surface area (Å²) in [4.78, 5) is 32.6. The normalized spacial score (nSPS) is 16.5. The number of aromatic nitrogens is 2. The van der Waals surface area contributed by atoms with Gasteiger partial charge in [-0.2, -0.15) is 0 Å². The van der Waals surface area contributed by atoms with Crippen LogP contribution in [0.3, 0.4) is 0 Å². The Hall–Kier alpha value is -2.61. The molecule has 178 valence electrons. The predicted molar refractivity (Wildman–Crippen MR) is 131 cm³/mol. The second kappa shape index (κ2) is 8.87. The van der Waals surface area contributed by atoms with Crippen molar-refractivity contribution in [2.75, 3.05) is 13.1 Å². The van der Waals surface area contributed by atoms with Crippen molar-refractivity contribution in [2.24, 2.45) is 0 Å². The SMILES string of the molecule is CCC(C)(O)C#Cc1sc2ncn(CC(=O)N3CC(C)(F)C3)c(=O)c2c1-c1ccc(F)c(Br)c1. The minimum atomic E-state index is -1.41. The number of halogens is 3. The number of carbonyl (C=O) groups is 1. The predicted octanol–water partition coefficient (Wildman–Crippen LogP) is 4.11. The van der Waals surface area contributed by atoms with Gasteiger partial charge < -0.3 is 10.0 Å². The molecule has 1 unspecified atom stereocenters. The first-order chi connectivity index (χ1) is 15.9. The molecule has 6 nitrogen and oxygen atoms in total. The van der Waals surface area contributed by atoms with E-state index in [0.717, 1.165) is 0 Å². The zero-order valence-electron chi connectivity index (χ0n) is 18.8. The van der Waals surface area contributed by atoms with Gasteiger partial charge in [0.1, 0.15) is 28.5 Å². The average molecular weight is 550 g/mol. The number of alkyl halides is 1. The van der Waals surface area contributed by atoms with E-state index in [0.29, 0.717) is 27.3 Å². The van der Waals surface area contributed by atoms with Gasteiger partial charge in [-0.3, -0.25) is 14.2 Å². The number of benzene rings is 1. The van der Waals surface area contributed by atoms with Crippen molar-refractivity contribution in [1.82, 2.24) is 14.5 Å². The van der Waals surface area contributed by atoms with Gasteiger partial charge in [-0.15, -0.1) is 11.3 Å². The molecule has 1 aliphatic heterocycles. The van der Waals surface area contributed by atoms with Gasteiger partial charge in [0.05, 0.1) is 34.2 Å². The first kappa shape index (κ1) is 24.5. The standard InChI is InChI=1S/C24H22BrF2N3O3S/c1-4-24(3,33)8-7-17-19(14-5-6-16(26)15(25)9-14)20-21(34-17)28-13-29(22(20)32)10-18(31)30-11-23(2,27)12-30/h5-6,9,13,33H,4,10-12H2,1-3H3. The molecule has 1 saturated heterocycles. The highest BCUT2D eigenvalue weighted by atomic mass is 79.9. The Labute approximate surface area is 207 Å². The van der Waals surface area contributed by atoms with Gasteiger partial charge in [0.2, 0.25) is 5.91 Å². The van der Waals surface area contributed by atoms with Crippen molar-refractivity contribution < 1.29 is 18.7 Å². The van der Waals surface area contributed by atoms with Gasteiger partial charge in [-0.1, -0.05) is 24.8 Å². The van der Waals surface area contributed by atoms with Crippen molar-refractivity contribution in [3.05, 3.63) is 50.0 Å². The zero-order valence-corrected chi connectivity index (χ0v) is 21.2. The van der Waals surface area contributed by atoms with E-state index >= 15 is 0 Å². The topological polar surface area (TPSA) is 75.4 Å². The van der Waals surface area contributed by atoms with E-state index in [1.54, 1.807) is 19.9 Å². The van der Waals surface area contributed by atoms with Crippen LogP contribution in [0.15, 0.2) is 33.8 Å². The van der Waals surface area contributed by atoms with Crippen LogP contribution in [0.2, 0.25) is 0 Å². The molecular weight excluding hydrogens is 528 g/mol. The third-order valence-electron chi connectivity index (χ3n) is 5.72. The van der Waals surface area contributed by atoms with Crippen LogP contribution in [0.1, 0.15) is 32.1 Å². The molecule has 1 N–H and O–H groups in total. The summed E-state index contributed by atoms with van der Waals surface area (Å²) >= 11 is 4.36. The van der Waals surface area contributed by atoms with Crippen LogP contribution in [0.4, 0.5) is 8.78 Å². The van der Waals surface area contributed by atoms with Crippen LogP contribution in [0.5, 0.6) is 0 Å². The molecule has 0 aliphatic carbocycles. The Bertz CT molecular complexity index is 1410. The second-order valence-electron chi connectivity index (χ2n) is 8.83. The maximum atomic E-state index is 13.9. The highest BCUT2D eigenvalue weighted by Crippen LogP contribution is 2.37. The Morgan fingerprint density at radius 3 is 2.74 bits per heavy atom. The largest absolute Gasteiger partial charge is 0.378 e. The van der Waals surface area contributed by atoms with Crippen LogP contribution in [0, 0.1) is 17.7 Å². The summed E-state index contributed by atoms with van der Waals surface area (Å²) in [5.41, 5.74) is -2.09. The molecule has 1 fully saturated rings. The maximum absolute atomic E-state index is 13.9. The molecule has 3 heterocycles. The number of hydrogen-bond acceptors (Lipinski definition) is 5. The summed E-state index contributed by atoms with van der Waals surface area (Å²) in [7, 11) is 0. The first-order valence-electron chi connectivity index (χ1n) is 10.6. The summed E-state index contributed by atoms with van der Waals surface area (Å²) in [5.74, 6) is 4.95. The molecule has 1 amide bonds. The molecule has 0 radical (unpaired) electrons. The Morgan fingerprint density at radius 1 is 1.41 bits per heavy atom. The van der Waals surface area contributed by atoms with E-state index < -0.39 is 22.6 Å². The zero-order chi connectivity index (χ0) is 24.8. The van der Waals surface area contributed by atoms with Gasteiger partial charge in [-0.25, -0.2) is 13.8 Å². The van der Waals surface area contributed by atoms with Crippen LogP contribution >= 0.6 is 27.3 Å². The number of aliphatic hydroxyl groups is 1. The number of thiophene rings is 1. The van der Waals surface area contributed by atoms with E-state index in [1.807, 2.05) is 0 Å². The number of carbonyl (C=O) groups excluding carboxylic acids is 1. The number of amides is 1.